The van der Waals surface area contributed by atoms with Gasteiger partial charge in [0.2, 0.25) is 0 Å². The van der Waals surface area contributed by atoms with Gasteiger partial charge in [0.1, 0.15) is 12.0 Å². The highest BCUT2D eigenvalue weighted by Crippen LogP contribution is 2.37. The monoisotopic (exact) mass is 431 g/mol. The van der Waals surface area contributed by atoms with Crippen LogP contribution < -0.4 is 5.32 Å². The molecular formula is C22H27ClFN5O. The molecule has 1 aromatic carbocycles. The summed E-state index contributed by atoms with van der Waals surface area (Å²) in [6.45, 7) is 5.18. The molecule has 5 rings (SSSR count). The number of nitrogens with one attached hydrogen (secondary N) is 1. The van der Waals surface area contributed by atoms with Gasteiger partial charge in [0.05, 0.1) is 17.8 Å². The lowest BCUT2D eigenvalue weighted by atomic mass is 9.80. The van der Waals surface area contributed by atoms with Crippen molar-refractivity contribution in [3.05, 3.63) is 47.0 Å². The first-order valence-electron chi connectivity index (χ1n) is 10.4. The molecule has 0 radical (unpaired) electrons. The molecule has 2 aliphatic rings. The minimum absolute atomic E-state index is 0. The number of alkyl halides is 1. The van der Waals surface area contributed by atoms with Crippen LogP contribution in [0.2, 0.25) is 0 Å². The van der Waals surface area contributed by atoms with Crippen molar-refractivity contribution < 1.29 is 9.50 Å². The number of benzene rings is 1. The zero-order valence-corrected chi connectivity index (χ0v) is 18.0. The Morgan fingerprint density at radius 2 is 1.97 bits per heavy atom. The second-order valence-corrected chi connectivity index (χ2v) is 8.46. The number of piperidine rings is 1. The van der Waals surface area contributed by atoms with Crippen LogP contribution in [0.25, 0.3) is 16.7 Å². The number of hydrogen-bond donors (Lipinski definition) is 2. The average molecular weight is 432 g/mol. The summed E-state index contributed by atoms with van der Waals surface area (Å²) in [5, 5.41) is 18.4. The Morgan fingerprint density at radius 3 is 2.70 bits per heavy atom. The number of fused-ring (bicyclic) bond motifs is 1. The first-order valence-corrected chi connectivity index (χ1v) is 10.4. The average Bonchev–Trinajstić information content (AvgIpc) is 3.07. The quantitative estimate of drug-likeness (QED) is 0.663. The minimum Gasteiger partial charge on any atom is -0.393 e. The first-order chi connectivity index (χ1) is 14.0. The number of nitrogens with zero attached hydrogens (tertiary/aromatic N) is 4. The van der Waals surface area contributed by atoms with Crippen LogP contribution in [0.1, 0.15) is 53.7 Å². The maximum atomic E-state index is 14.6. The summed E-state index contributed by atoms with van der Waals surface area (Å²) in [6.07, 6.45) is 3.01. The molecule has 8 heteroatoms. The van der Waals surface area contributed by atoms with Gasteiger partial charge in [-0.1, -0.05) is 0 Å². The zero-order valence-electron chi connectivity index (χ0n) is 17.2. The summed E-state index contributed by atoms with van der Waals surface area (Å²) in [5.41, 5.74) is 4.06. The number of halogens is 2. The number of aliphatic hydroxyl groups excluding tert-OH is 1. The highest BCUT2D eigenvalue weighted by atomic mass is 35.5. The van der Waals surface area contributed by atoms with Gasteiger partial charge in [-0.25, -0.2) is 19.0 Å². The van der Waals surface area contributed by atoms with Crippen LogP contribution in [0.4, 0.5) is 4.39 Å². The van der Waals surface area contributed by atoms with Gasteiger partial charge in [-0.15, -0.1) is 12.4 Å². The summed E-state index contributed by atoms with van der Waals surface area (Å²) in [6, 6.07) is 6.16. The van der Waals surface area contributed by atoms with Crippen LogP contribution in [-0.4, -0.2) is 50.2 Å². The van der Waals surface area contributed by atoms with Gasteiger partial charge in [-0.05, 0) is 62.9 Å². The predicted molar refractivity (Wildman–Crippen MR) is 116 cm³/mol. The largest absolute Gasteiger partial charge is 0.393 e. The van der Waals surface area contributed by atoms with E-state index >= 15 is 0 Å². The van der Waals surface area contributed by atoms with Gasteiger partial charge in [0.25, 0.3) is 0 Å². The Labute approximate surface area is 181 Å². The summed E-state index contributed by atoms with van der Waals surface area (Å²) < 4.78 is 16.4. The fraction of sp³-hybridized carbons (Fsp3) is 0.500. The van der Waals surface area contributed by atoms with Crippen molar-refractivity contribution in [1.29, 1.82) is 0 Å². The van der Waals surface area contributed by atoms with E-state index in [1.807, 2.05) is 23.9 Å². The lowest BCUT2D eigenvalue weighted by Crippen LogP contribution is -2.36. The van der Waals surface area contributed by atoms with Crippen molar-refractivity contribution in [2.24, 2.45) is 0 Å². The van der Waals surface area contributed by atoms with Gasteiger partial charge in [-0.3, -0.25) is 0 Å². The molecule has 3 heterocycles. The Balaban J connectivity index is 0.00000218. The van der Waals surface area contributed by atoms with Gasteiger partial charge in [-0.2, -0.15) is 5.10 Å². The van der Waals surface area contributed by atoms with Crippen LogP contribution in [0, 0.1) is 13.8 Å². The van der Waals surface area contributed by atoms with Crippen molar-refractivity contribution in [3.8, 4) is 5.82 Å². The third-order valence-corrected chi connectivity index (χ3v) is 6.36. The van der Waals surface area contributed by atoms with E-state index in [0.717, 1.165) is 59.3 Å². The molecule has 1 aliphatic heterocycles. The molecule has 6 nitrogen and oxygen atoms in total. The maximum Gasteiger partial charge on any atom is 0.157 e. The Hall–Kier alpha value is -2.09. The maximum absolute atomic E-state index is 14.6. The molecule has 160 valence electrons. The zero-order chi connectivity index (χ0) is 20.1. The molecular weight excluding hydrogens is 405 g/mol. The van der Waals surface area contributed by atoms with Crippen LogP contribution in [-0.2, 0) is 0 Å². The first kappa shape index (κ1) is 21.2. The Kier molecular flexibility index (Phi) is 5.79. The second-order valence-electron chi connectivity index (χ2n) is 8.46. The molecule has 30 heavy (non-hydrogen) atoms. The van der Waals surface area contributed by atoms with Crippen molar-refractivity contribution >= 4 is 23.3 Å². The highest BCUT2D eigenvalue weighted by molar-refractivity contribution is 5.85. The topological polar surface area (TPSA) is 75.9 Å². The molecule has 1 saturated heterocycles. The SMILES string of the molecule is Cc1nc(C2CC(O)C2)cc(-n2ncc3cc(C)c(C4CCNCC4F)cc32)n1.Cl. The molecule has 0 bridgehead atoms. The van der Waals surface area contributed by atoms with E-state index in [9.17, 15) is 9.50 Å². The van der Waals surface area contributed by atoms with E-state index in [2.05, 4.69) is 39.4 Å². The number of hydrogen-bond acceptors (Lipinski definition) is 5. The summed E-state index contributed by atoms with van der Waals surface area (Å²) in [5.74, 6) is 1.59. The molecule has 2 aromatic heterocycles. The summed E-state index contributed by atoms with van der Waals surface area (Å²) in [4.78, 5) is 9.18. The van der Waals surface area contributed by atoms with E-state index < -0.39 is 6.17 Å². The Morgan fingerprint density at radius 1 is 1.17 bits per heavy atom. The van der Waals surface area contributed by atoms with E-state index in [-0.39, 0.29) is 30.3 Å². The van der Waals surface area contributed by atoms with Crippen molar-refractivity contribution in [3.63, 3.8) is 0 Å². The second kappa shape index (κ2) is 8.21. The molecule has 1 aliphatic carbocycles. The number of aliphatic hydroxyl groups is 1. The summed E-state index contributed by atoms with van der Waals surface area (Å²) in [7, 11) is 0. The van der Waals surface area contributed by atoms with Crippen LogP contribution in [0.5, 0.6) is 0 Å². The van der Waals surface area contributed by atoms with E-state index in [4.69, 9.17) is 0 Å². The number of aromatic nitrogens is 4. The van der Waals surface area contributed by atoms with Crippen molar-refractivity contribution in [2.75, 3.05) is 13.1 Å². The fourth-order valence-corrected chi connectivity index (χ4v) is 4.68. The van der Waals surface area contributed by atoms with Gasteiger partial charge < -0.3 is 10.4 Å². The third kappa shape index (κ3) is 3.70. The Bertz CT molecular complexity index is 1070. The minimum atomic E-state index is -0.880. The molecule has 1 saturated carbocycles. The normalized spacial score (nSPS) is 26.3. The number of rotatable bonds is 3. The molecule has 2 N–H and O–H groups in total. The van der Waals surface area contributed by atoms with E-state index in [1.165, 1.54) is 0 Å². The predicted octanol–water partition coefficient (Wildman–Crippen LogP) is 3.51. The molecule has 2 fully saturated rings. The van der Waals surface area contributed by atoms with Gasteiger partial charge >= 0.3 is 0 Å². The third-order valence-electron chi connectivity index (χ3n) is 6.36. The smallest absolute Gasteiger partial charge is 0.157 e. The van der Waals surface area contributed by atoms with E-state index in [1.54, 1.807) is 0 Å². The van der Waals surface area contributed by atoms with Crippen LogP contribution in [0.15, 0.2) is 24.4 Å². The standard InChI is InChI=1S/C22H26FN5O.ClH/c1-12-5-15-10-25-28(21(15)8-18(12)17-3-4-24-11-19(17)23)22-9-20(26-13(2)27-22)14-6-16(29)7-14;/h5,8-10,14,16-17,19,24,29H,3-4,6-7,11H2,1-2H3;1H. The summed E-state index contributed by atoms with van der Waals surface area (Å²) >= 11 is 0. The number of aryl methyl sites for hydroxylation is 2. The fourth-order valence-electron chi connectivity index (χ4n) is 4.68. The molecule has 3 aromatic rings. The molecule has 2 unspecified atom stereocenters. The lowest BCUT2D eigenvalue weighted by molar-refractivity contribution is 0.0731. The molecule has 0 amide bonds. The van der Waals surface area contributed by atoms with E-state index in [0.29, 0.717) is 12.4 Å². The highest BCUT2D eigenvalue weighted by Gasteiger charge is 2.31. The van der Waals surface area contributed by atoms with Crippen LogP contribution in [0.3, 0.4) is 0 Å². The lowest BCUT2D eigenvalue weighted by Gasteiger charge is -2.31. The van der Waals surface area contributed by atoms with Gasteiger partial charge in [0.15, 0.2) is 5.82 Å². The van der Waals surface area contributed by atoms with Gasteiger partial charge in [0, 0.05) is 35.5 Å². The molecule has 2 atom stereocenters. The van der Waals surface area contributed by atoms with Crippen molar-refractivity contribution in [1.82, 2.24) is 25.1 Å². The molecule has 0 spiro atoms. The van der Waals surface area contributed by atoms with Crippen LogP contribution >= 0.6 is 12.4 Å². The van der Waals surface area contributed by atoms with Crippen molar-refractivity contribution in [2.45, 2.75) is 57.2 Å².